The number of ether oxygens (including phenoxy) is 1. The van der Waals surface area contributed by atoms with Crippen LogP contribution in [0, 0.1) is 5.92 Å². The minimum Gasteiger partial charge on any atom is -0.379 e. The predicted molar refractivity (Wildman–Crippen MR) is 143 cm³/mol. The van der Waals surface area contributed by atoms with Gasteiger partial charge < -0.3 is 15.4 Å². The third-order valence-electron chi connectivity index (χ3n) is 5.76. The van der Waals surface area contributed by atoms with Crippen LogP contribution in [0.5, 0.6) is 0 Å². The number of morpholine rings is 1. The molecular weight excluding hydrogens is 514 g/mol. The van der Waals surface area contributed by atoms with E-state index in [4.69, 9.17) is 4.74 Å². The maximum absolute atomic E-state index is 12.8. The van der Waals surface area contributed by atoms with Crippen molar-refractivity contribution < 1.29 is 17.9 Å². The van der Waals surface area contributed by atoms with E-state index in [1.165, 1.54) is 28.6 Å². The first-order valence-corrected chi connectivity index (χ1v) is 14.8. The first-order valence-electron chi connectivity index (χ1n) is 12.4. The number of amides is 1. The van der Waals surface area contributed by atoms with Gasteiger partial charge in [0.15, 0.2) is 10.8 Å². The molecule has 200 valence electrons. The van der Waals surface area contributed by atoms with E-state index in [-0.39, 0.29) is 10.8 Å². The molecule has 13 heteroatoms. The van der Waals surface area contributed by atoms with Crippen LogP contribution in [0.25, 0.3) is 11.0 Å². The van der Waals surface area contributed by atoms with Crippen molar-refractivity contribution in [3.8, 4) is 0 Å². The van der Waals surface area contributed by atoms with Gasteiger partial charge in [0.05, 0.1) is 36.2 Å². The summed E-state index contributed by atoms with van der Waals surface area (Å²) >= 11 is 1.56. The number of nitrogens with zero attached hydrogens (tertiary/aromatic N) is 5. The van der Waals surface area contributed by atoms with E-state index in [9.17, 15) is 13.2 Å². The number of hydrogen-bond donors (Lipinski definition) is 2. The van der Waals surface area contributed by atoms with E-state index in [2.05, 4.69) is 46.5 Å². The summed E-state index contributed by atoms with van der Waals surface area (Å²) in [6.45, 7) is 9.28. The molecule has 2 aromatic heterocycles. The molecule has 1 aromatic carbocycles. The van der Waals surface area contributed by atoms with Crippen molar-refractivity contribution in [1.29, 1.82) is 0 Å². The standard InChI is InChI=1S/C24H33N7O4S2/c1-4-36-24-28-21(26-15-17(2)3)20-16-27-31(22(20)29-24)10-9-25-23(32)18-5-7-19(8-6-18)37(33,34)30-11-13-35-14-12-30/h5-8,16-17H,4,9-15H2,1-3H3,(H,25,32)(H,26,28,29). The van der Waals surface area contributed by atoms with Gasteiger partial charge >= 0.3 is 0 Å². The summed E-state index contributed by atoms with van der Waals surface area (Å²) in [7, 11) is -3.60. The molecule has 11 nitrogen and oxygen atoms in total. The Morgan fingerprint density at radius 1 is 1.16 bits per heavy atom. The highest BCUT2D eigenvalue weighted by molar-refractivity contribution is 7.99. The lowest BCUT2D eigenvalue weighted by molar-refractivity contribution is 0.0730. The molecule has 0 atom stereocenters. The Kier molecular flexibility index (Phi) is 9.00. The van der Waals surface area contributed by atoms with E-state index >= 15 is 0 Å². The van der Waals surface area contributed by atoms with Gasteiger partial charge in [-0.25, -0.2) is 23.1 Å². The number of nitrogens with one attached hydrogen (secondary N) is 2. The number of benzene rings is 1. The molecule has 37 heavy (non-hydrogen) atoms. The zero-order valence-electron chi connectivity index (χ0n) is 21.3. The van der Waals surface area contributed by atoms with Crippen molar-refractivity contribution in [3.05, 3.63) is 36.0 Å². The van der Waals surface area contributed by atoms with Gasteiger partial charge in [0, 0.05) is 31.7 Å². The molecule has 1 aliphatic heterocycles. The molecule has 0 unspecified atom stereocenters. The third kappa shape index (κ3) is 6.58. The highest BCUT2D eigenvalue weighted by Crippen LogP contribution is 2.24. The van der Waals surface area contributed by atoms with Crippen LogP contribution in [0.3, 0.4) is 0 Å². The number of carbonyl (C=O) groups excluding carboxylic acids is 1. The molecule has 1 fully saturated rings. The summed E-state index contributed by atoms with van der Waals surface area (Å²) in [4.78, 5) is 22.2. The van der Waals surface area contributed by atoms with Crippen molar-refractivity contribution >= 4 is 44.5 Å². The molecule has 1 saturated heterocycles. The maximum Gasteiger partial charge on any atom is 0.251 e. The van der Waals surface area contributed by atoms with Crippen LogP contribution in [0.15, 0.2) is 40.5 Å². The Hall–Kier alpha value is -2.74. The van der Waals surface area contributed by atoms with Gasteiger partial charge in [-0.3, -0.25) is 4.79 Å². The molecule has 2 N–H and O–H groups in total. The lowest BCUT2D eigenvalue weighted by Crippen LogP contribution is -2.40. The van der Waals surface area contributed by atoms with Gasteiger partial charge in [0.2, 0.25) is 10.0 Å². The Bertz CT molecular complexity index is 1320. The number of anilines is 1. The van der Waals surface area contributed by atoms with Crippen molar-refractivity contribution in [2.75, 3.05) is 50.5 Å². The van der Waals surface area contributed by atoms with Gasteiger partial charge in [0.25, 0.3) is 5.91 Å². The molecule has 3 aromatic rings. The minimum atomic E-state index is -3.60. The van der Waals surface area contributed by atoms with E-state index in [1.807, 2.05) is 0 Å². The number of rotatable bonds is 11. The highest BCUT2D eigenvalue weighted by atomic mass is 32.2. The monoisotopic (exact) mass is 547 g/mol. The molecule has 0 saturated carbocycles. The second-order valence-corrected chi connectivity index (χ2v) is 12.1. The van der Waals surface area contributed by atoms with Gasteiger partial charge in [-0.1, -0.05) is 32.5 Å². The molecule has 1 amide bonds. The van der Waals surface area contributed by atoms with Gasteiger partial charge in [-0.15, -0.1) is 0 Å². The summed E-state index contributed by atoms with van der Waals surface area (Å²) in [6.07, 6.45) is 1.74. The number of carbonyl (C=O) groups is 1. The van der Waals surface area contributed by atoms with Crippen LogP contribution in [-0.4, -0.2) is 83.5 Å². The molecule has 0 spiro atoms. The van der Waals surface area contributed by atoms with Crippen LogP contribution in [0.4, 0.5) is 5.82 Å². The maximum atomic E-state index is 12.8. The Morgan fingerprint density at radius 2 is 1.89 bits per heavy atom. The fourth-order valence-electron chi connectivity index (χ4n) is 3.82. The first kappa shape index (κ1) is 27.3. The number of fused-ring (bicyclic) bond motifs is 1. The number of hydrogen-bond acceptors (Lipinski definition) is 9. The SMILES string of the molecule is CCSc1nc(NCC(C)C)c2cnn(CCNC(=O)c3ccc(S(=O)(=O)N4CCOCC4)cc3)c2n1. The molecule has 1 aliphatic rings. The van der Waals surface area contributed by atoms with Crippen LogP contribution in [0.1, 0.15) is 31.1 Å². The summed E-state index contributed by atoms with van der Waals surface area (Å²) in [5.41, 5.74) is 1.10. The van der Waals surface area contributed by atoms with Crippen LogP contribution < -0.4 is 10.6 Å². The minimum absolute atomic E-state index is 0.163. The second kappa shape index (κ2) is 12.2. The summed E-state index contributed by atoms with van der Waals surface area (Å²) < 4.78 is 34.0. The van der Waals surface area contributed by atoms with Crippen molar-refractivity contribution in [2.24, 2.45) is 5.92 Å². The van der Waals surface area contributed by atoms with E-state index in [0.717, 1.165) is 23.5 Å². The molecule has 3 heterocycles. The topological polar surface area (TPSA) is 131 Å². The number of aromatic nitrogens is 4. The van der Waals surface area contributed by atoms with E-state index in [0.29, 0.717) is 61.7 Å². The normalized spacial score (nSPS) is 14.8. The quantitative estimate of drug-likeness (QED) is 0.274. The van der Waals surface area contributed by atoms with Crippen LogP contribution >= 0.6 is 11.8 Å². The van der Waals surface area contributed by atoms with Gasteiger partial charge in [-0.2, -0.15) is 9.40 Å². The fourth-order valence-corrected chi connectivity index (χ4v) is 5.79. The fraction of sp³-hybridized carbons (Fsp3) is 0.500. The molecule has 0 aliphatic carbocycles. The summed E-state index contributed by atoms with van der Waals surface area (Å²) in [5, 5.41) is 12.3. The Balaban J connectivity index is 1.40. The summed E-state index contributed by atoms with van der Waals surface area (Å²) in [6, 6.07) is 5.99. The predicted octanol–water partition coefficient (Wildman–Crippen LogP) is 2.46. The molecular formula is C24H33N7O4S2. The average molecular weight is 548 g/mol. The van der Waals surface area contributed by atoms with Gasteiger partial charge in [-0.05, 0) is 35.9 Å². The van der Waals surface area contributed by atoms with E-state index in [1.54, 1.807) is 22.6 Å². The Morgan fingerprint density at radius 3 is 2.57 bits per heavy atom. The molecule has 0 radical (unpaired) electrons. The van der Waals surface area contributed by atoms with E-state index < -0.39 is 10.0 Å². The van der Waals surface area contributed by atoms with Gasteiger partial charge in [0.1, 0.15) is 5.82 Å². The van der Waals surface area contributed by atoms with Crippen molar-refractivity contribution in [1.82, 2.24) is 29.4 Å². The Labute approximate surface area is 221 Å². The molecule has 4 rings (SSSR count). The highest BCUT2D eigenvalue weighted by Gasteiger charge is 2.26. The van der Waals surface area contributed by atoms with Crippen LogP contribution in [-0.2, 0) is 21.3 Å². The second-order valence-electron chi connectivity index (χ2n) is 8.96. The largest absolute Gasteiger partial charge is 0.379 e. The zero-order chi connectivity index (χ0) is 26.4. The summed E-state index contributed by atoms with van der Waals surface area (Å²) in [5.74, 6) is 1.79. The first-order chi connectivity index (χ1) is 17.8. The lowest BCUT2D eigenvalue weighted by atomic mass is 10.2. The van der Waals surface area contributed by atoms with Crippen molar-refractivity contribution in [3.63, 3.8) is 0 Å². The average Bonchev–Trinajstić information content (AvgIpc) is 3.31. The third-order valence-corrected chi connectivity index (χ3v) is 8.40. The lowest BCUT2D eigenvalue weighted by Gasteiger charge is -2.26. The van der Waals surface area contributed by atoms with Crippen molar-refractivity contribution in [2.45, 2.75) is 37.4 Å². The van der Waals surface area contributed by atoms with Crippen LogP contribution in [0.2, 0.25) is 0 Å². The number of thioether (sulfide) groups is 1. The molecule has 0 bridgehead atoms. The smallest absolute Gasteiger partial charge is 0.251 e. The number of sulfonamides is 1. The zero-order valence-corrected chi connectivity index (χ0v) is 22.9.